The van der Waals surface area contributed by atoms with Crippen molar-refractivity contribution in [3.05, 3.63) is 21.1 Å². The molecule has 1 fully saturated rings. The van der Waals surface area contributed by atoms with Gasteiger partial charge in [0.25, 0.3) is 0 Å². The molecule has 0 bridgehead atoms. The van der Waals surface area contributed by atoms with Crippen molar-refractivity contribution in [3.63, 3.8) is 0 Å². The molecule has 0 unspecified atom stereocenters. The van der Waals surface area contributed by atoms with Crippen LogP contribution in [0.2, 0.25) is 0 Å². The standard InChI is InChI=1S/C14H23N3O3S/c1-10(18)12-9-11(17(19)20)13(21-12)15-5-7-16(8-6-15)14(2,3)4/h9-10,18H,5-8H2,1-4H3/t10-/m0/s1. The van der Waals surface area contributed by atoms with Gasteiger partial charge in [0, 0.05) is 42.7 Å². The van der Waals surface area contributed by atoms with E-state index in [-0.39, 0.29) is 16.1 Å². The van der Waals surface area contributed by atoms with Gasteiger partial charge >= 0.3 is 5.69 Å². The molecule has 2 heterocycles. The molecular weight excluding hydrogens is 290 g/mol. The lowest BCUT2D eigenvalue weighted by atomic mass is 10.1. The number of aliphatic hydroxyl groups is 1. The van der Waals surface area contributed by atoms with Crippen LogP contribution in [-0.2, 0) is 0 Å². The lowest BCUT2D eigenvalue weighted by Gasteiger charge is -2.42. The Morgan fingerprint density at radius 3 is 2.33 bits per heavy atom. The summed E-state index contributed by atoms with van der Waals surface area (Å²) in [4.78, 5) is 16.0. The summed E-state index contributed by atoms with van der Waals surface area (Å²) in [5.74, 6) is 0. The molecule has 21 heavy (non-hydrogen) atoms. The summed E-state index contributed by atoms with van der Waals surface area (Å²) in [6, 6.07) is 1.50. The zero-order valence-corrected chi connectivity index (χ0v) is 13.8. The van der Waals surface area contributed by atoms with E-state index in [1.807, 2.05) is 0 Å². The number of piperazine rings is 1. The fraction of sp³-hybridized carbons (Fsp3) is 0.714. The number of rotatable bonds is 3. The van der Waals surface area contributed by atoms with Crippen molar-refractivity contribution >= 4 is 22.0 Å². The maximum Gasteiger partial charge on any atom is 0.304 e. The molecule has 1 aromatic rings. The molecule has 0 aliphatic carbocycles. The zero-order valence-electron chi connectivity index (χ0n) is 13.0. The zero-order chi connectivity index (χ0) is 15.8. The Labute approximate surface area is 129 Å². The van der Waals surface area contributed by atoms with Gasteiger partial charge in [-0.1, -0.05) is 0 Å². The Hall–Kier alpha value is -1.18. The van der Waals surface area contributed by atoms with Crippen LogP contribution in [0.25, 0.3) is 0 Å². The Bertz CT molecular complexity index is 514. The highest BCUT2D eigenvalue weighted by Gasteiger charge is 2.30. The number of hydrogen-bond donors (Lipinski definition) is 1. The fourth-order valence-corrected chi connectivity index (χ4v) is 3.65. The summed E-state index contributed by atoms with van der Waals surface area (Å²) in [6.07, 6.45) is -0.668. The lowest BCUT2D eigenvalue weighted by molar-refractivity contribution is -0.383. The molecule has 1 saturated heterocycles. The first-order valence-corrected chi connectivity index (χ1v) is 7.98. The molecule has 0 aromatic carbocycles. The lowest BCUT2D eigenvalue weighted by Crippen LogP contribution is -2.53. The fourth-order valence-electron chi connectivity index (χ4n) is 2.53. The van der Waals surface area contributed by atoms with Gasteiger partial charge in [0.05, 0.1) is 11.0 Å². The third-order valence-corrected chi connectivity index (χ3v) is 5.19. The van der Waals surface area contributed by atoms with E-state index >= 15 is 0 Å². The molecule has 1 aliphatic rings. The number of anilines is 1. The smallest absolute Gasteiger partial charge is 0.304 e. The second-order valence-electron chi connectivity index (χ2n) is 6.42. The molecule has 0 radical (unpaired) electrons. The number of nitro groups is 1. The SMILES string of the molecule is C[C@H](O)c1cc([N+](=O)[O-])c(N2CCN(C(C)(C)C)CC2)s1. The first-order chi connectivity index (χ1) is 9.70. The molecule has 7 heteroatoms. The quantitative estimate of drug-likeness (QED) is 0.686. The Balaban J connectivity index is 2.18. The van der Waals surface area contributed by atoms with Gasteiger partial charge in [-0.2, -0.15) is 0 Å². The molecule has 0 spiro atoms. The van der Waals surface area contributed by atoms with Crippen molar-refractivity contribution in [1.82, 2.24) is 4.90 Å². The highest BCUT2D eigenvalue weighted by atomic mass is 32.1. The van der Waals surface area contributed by atoms with E-state index < -0.39 is 6.10 Å². The monoisotopic (exact) mass is 313 g/mol. The molecule has 1 N–H and O–H groups in total. The predicted octanol–water partition coefficient (Wildman–Crippen LogP) is 2.63. The summed E-state index contributed by atoms with van der Waals surface area (Å²) in [6.45, 7) is 11.5. The number of aliphatic hydroxyl groups excluding tert-OH is 1. The normalized spacial score (nSPS) is 18.8. The summed E-state index contributed by atoms with van der Waals surface area (Å²) >= 11 is 1.33. The Morgan fingerprint density at radius 1 is 1.33 bits per heavy atom. The van der Waals surface area contributed by atoms with Gasteiger partial charge in [-0.05, 0) is 27.7 Å². The van der Waals surface area contributed by atoms with E-state index in [1.54, 1.807) is 6.92 Å². The first-order valence-electron chi connectivity index (χ1n) is 7.16. The van der Waals surface area contributed by atoms with Crippen molar-refractivity contribution in [3.8, 4) is 0 Å². The minimum Gasteiger partial charge on any atom is -0.388 e. The van der Waals surface area contributed by atoms with Crippen LogP contribution in [0.3, 0.4) is 0 Å². The van der Waals surface area contributed by atoms with E-state index in [4.69, 9.17) is 0 Å². The average Bonchev–Trinajstić information content (AvgIpc) is 2.83. The Morgan fingerprint density at radius 2 is 1.90 bits per heavy atom. The van der Waals surface area contributed by atoms with Crippen molar-refractivity contribution in [2.45, 2.75) is 39.3 Å². The molecular formula is C14H23N3O3S. The highest BCUT2D eigenvalue weighted by Crippen LogP contribution is 2.40. The molecule has 6 nitrogen and oxygen atoms in total. The van der Waals surface area contributed by atoms with Crippen LogP contribution in [-0.4, -0.2) is 46.6 Å². The predicted molar refractivity (Wildman–Crippen MR) is 85.1 cm³/mol. The summed E-state index contributed by atoms with van der Waals surface area (Å²) < 4.78 is 0. The molecule has 2 rings (SSSR count). The van der Waals surface area contributed by atoms with E-state index in [9.17, 15) is 15.2 Å². The van der Waals surface area contributed by atoms with Crippen LogP contribution in [0.4, 0.5) is 10.7 Å². The van der Waals surface area contributed by atoms with Gasteiger partial charge in [-0.3, -0.25) is 15.0 Å². The number of nitrogens with zero attached hydrogens (tertiary/aromatic N) is 3. The number of thiophene rings is 1. The molecule has 118 valence electrons. The molecule has 0 saturated carbocycles. The molecule has 1 aliphatic heterocycles. The van der Waals surface area contributed by atoms with Crippen LogP contribution < -0.4 is 4.90 Å². The first kappa shape index (κ1) is 16.2. The Kier molecular flexibility index (Phi) is 4.55. The van der Waals surface area contributed by atoms with Gasteiger partial charge in [0.2, 0.25) is 0 Å². The maximum atomic E-state index is 11.2. The third kappa shape index (κ3) is 3.53. The molecule has 1 aromatic heterocycles. The van der Waals surface area contributed by atoms with Crippen LogP contribution in [0.1, 0.15) is 38.7 Å². The minimum absolute atomic E-state index is 0.111. The van der Waals surface area contributed by atoms with E-state index in [1.165, 1.54) is 17.4 Å². The van der Waals surface area contributed by atoms with Crippen molar-refractivity contribution in [1.29, 1.82) is 0 Å². The number of hydrogen-bond acceptors (Lipinski definition) is 6. The second kappa shape index (κ2) is 5.90. The average molecular weight is 313 g/mol. The molecule has 1 atom stereocenters. The second-order valence-corrected chi connectivity index (χ2v) is 7.48. The van der Waals surface area contributed by atoms with Gasteiger partial charge in [0.1, 0.15) is 0 Å². The van der Waals surface area contributed by atoms with E-state index in [0.29, 0.717) is 9.88 Å². The van der Waals surface area contributed by atoms with Crippen LogP contribution >= 0.6 is 11.3 Å². The summed E-state index contributed by atoms with van der Waals surface area (Å²) in [5.41, 5.74) is 0.234. The van der Waals surface area contributed by atoms with Gasteiger partial charge < -0.3 is 10.0 Å². The van der Waals surface area contributed by atoms with E-state index in [2.05, 4.69) is 30.6 Å². The van der Waals surface area contributed by atoms with Gasteiger partial charge in [0.15, 0.2) is 5.00 Å². The molecule has 0 amide bonds. The van der Waals surface area contributed by atoms with E-state index in [0.717, 1.165) is 26.2 Å². The summed E-state index contributed by atoms with van der Waals surface area (Å²) in [7, 11) is 0. The van der Waals surface area contributed by atoms with Crippen molar-refractivity contribution in [2.75, 3.05) is 31.1 Å². The minimum atomic E-state index is -0.668. The van der Waals surface area contributed by atoms with Crippen molar-refractivity contribution < 1.29 is 10.0 Å². The van der Waals surface area contributed by atoms with Crippen LogP contribution in [0.15, 0.2) is 6.07 Å². The topological polar surface area (TPSA) is 69.8 Å². The highest BCUT2D eigenvalue weighted by molar-refractivity contribution is 7.16. The van der Waals surface area contributed by atoms with Gasteiger partial charge in [-0.25, -0.2) is 0 Å². The summed E-state index contributed by atoms with van der Waals surface area (Å²) in [5, 5.41) is 21.5. The third-order valence-electron chi connectivity index (χ3n) is 3.84. The van der Waals surface area contributed by atoms with Crippen LogP contribution in [0.5, 0.6) is 0 Å². The van der Waals surface area contributed by atoms with Crippen LogP contribution in [0, 0.1) is 10.1 Å². The largest absolute Gasteiger partial charge is 0.388 e. The maximum absolute atomic E-state index is 11.2. The van der Waals surface area contributed by atoms with Gasteiger partial charge in [-0.15, -0.1) is 11.3 Å². The van der Waals surface area contributed by atoms with Crippen molar-refractivity contribution in [2.24, 2.45) is 0 Å².